The molecule has 1 heterocycles. The number of allylic oxidation sites excluding steroid dienone is 2. The second kappa shape index (κ2) is 16.4. The van der Waals surface area contributed by atoms with Crippen molar-refractivity contribution in [2.24, 2.45) is 0 Å². The molecule has 3 heteroatoms. The Morgan fingerprint density at radius 3 is 1.96 bits per heavy atom. The monoisotopic (exact) mass is 364 g/mol. The summed E-state index contributed by atoms with van der Waals surface area (Å²) in [5, 5.41) is 10.7. The number of carboxylic acids is 1. The molecule has 2 nitrogen and oxygen atoms in total. The van der Waals surface area contributed by atoms with Crippen molar-refractivity contribution in [1.82, 2.24) is 0 Å². The summed E-state index contributed by atoms with van der Waals surface area (Å²) in [5.41, 5.74) is 0. The quantitative estimate of drug-likeness (QED) is 0.231. The summed E-state index contributed by atoms with van der Waals surface area (Å²) in [7, 11) is 0. The number of hydrogen-bond acceptors (Lipinski definition) is 2. The maximum Gasteiger partial charge on any atom is 0.303 e. The molecule has 0 spiro atoms. The maximum absolute atomic E-state index is 10.4. The van der Waals surface area contributed by atoms with Crippen LogP contribution in [0.15, 0.2) is 29.7 Å². The molecule has 0 aliphatic carbocycles. The van der Waals surface area contributed by atoms with E-state index in [9.17, 15) is 4.79 Å². The number of carboxylic acid groups (broad SMARTS) is 1. The van der Waals surface area contributed by atoms with Crippen LogP contribution < -0.4 is 0 Å². The van der Waals surface area contributed by atoms with Crippen LogP contribution in [0.25, 0.3) is 0 Å². The van der Waals surface area contributed by atoms with Gasteiger partial charge in [0.25, 0.3) is 0 Å². The smallest absolute Gasteiger partial charge is 0.303 e. The van der Waals surface area contributed by atoms with Gasteiger partial charge >= 0.3 is 5.97 Å². The highest BCUT2D eigenvalue weighted by Gasteiger charge is 1.96. The molecular formula is C22H36O2S. The van der Waals surface area contributed by atoms with E-state index in [1.54, 1.807) is 0 Å². The van der Waals surface area contributed by atoms with Crippen molar-refractivity contribution in [2.75, 3.05) is 0 Å². The van der Waals surface area contributed by atoms with E-state index in [2.05, 4.69) is 29.7 Å². The Labute approximate surface area is 158 Å². The van der Waals surface area contributed by atoms with Crippen LogP contribution in [0.4, 0.5) is 0 Å². The van der Waals surface area contributed by atoms with E-state index in [0.717, 1.165) is 12.8 Å². The third kappa shape index (κ3) is 14.9. The highest BCUT2D eigenvalue weighted by Crippen LogP contribution is 2.14. The number of thiophene rings is 1. The van der Waals surface area contributed by atoms with Gasteiger partial charge in [0.2, 0.25) is 0 Å². The van der Waals surface area contributed by atoms with Gasteiger partial charge in [-0.25, -0.2) is 0 Å². The standard InChI is InChI=1S/C22H36O2S/c23-22(24)19-15-13-11-9-7-5-3-1-2-4-6-8-10-12-14-17-21-18-16-20-25-21/h1,3,16,18,20H,2,4-15,17,19H2,(H,23,24)/b3-1-. The minimum absolute atomic E-state index is 0.328. The first-order valence-electron chi connectivity index (χ1n) is 10.2. The second-order valence-corrected chi connectivity index (χ2v) is 7.94. The van der Waals surface area contributed by atoms with Crippen molar-refractivity contribution >= 4 is 17.3 Å². The minimum Gasteiger partial charge on any atom is -0.481 e. The normalized spacial score (nSPS) is 11.4. The second-order valence-electron chi connectivity index (χ2n) is 6.91. The van der Waals surface area contributed by atoms with Crippen molar-refractivity contribution in [1.29, 1.82) is 0 Å². The molecule has 25 heavy (non-hydrogen) atoms. The van der Waals surface area contributed by atoms with Gasteiger partial charge in [0.05, 0.1) is 0 Å². The van der Waals surface area contributed by atoms with Gasteiger partial charge in [0.15, 0.2) is 0 Å². The first-order chi connectivity index (χ1) is 12.3. The summed E-state index contributed by atoms with van der Waals surface area (Å²) >= 11 is 1.88. The zero-order chi connectivity index (χ0) is 18.0. The van der Waals surface area contributed by atoms with E-state index in [1.165, 1.54) is 81.9 Å². The van der Waals surface area contributed by atoms with Crippen LogP contribution in [0.2, 0.25) is 0 Å². The third-order valence-electron chi connectivity index (χ3n) is 4.55. The molecule has 1 aromatic heterocycles. The topological polar surface area (TPSA) is 37.3 Å². The summed E-state index contributed by atoms with van der Waals surface area (Å²) in [6.07, 6.45) is 22.4. The van der Waals surface area contributed by atoms with Crippen LogP contribution in [0.5, 0.6) is 0 Å². The average molecular weight is 365 g/mol. The SMILES string of the molecule is O=C(O)CCCCCCC/C=C\CCCCCCCCc1cccs1. The van der Waals surface area contributed by atoms with Gasteiger partial charge in [0, 0.05) is 11.3 Å². The molecule has 142 valence electrons. The number of aryl methyl sites for hydroxylation is 1. The van der Waals surface area contributed by atoms with Crippen LogP contribution in [-0.2, 0) is 11.2 Å². The molecule has 0 aromatic carbocycles. The maximum atomic E-state index is 10.4. The summed E-state index contributed by atoms with van der Waals surface area (Å²) in [6.45, 7) is 0. The number of rotatable bonds is 17. The van der Waals surface area contributed by atoms with E-state index >= 15 is 0 Å². The third-order valence-corrected chi connectivity index (χ3v) is 5.49. The molecule has 1 N–H and O–H groups in total. The Morgan fingerprint density at radius 1 is 0.840 bits per heavy atom. The Morgan fingerprint density at radius 2 is 1.40 bits per heavy atom. The average Bonchev–Trinajstić information content (AvgIpc) is 3.11. The van der Waals surface area contributed by atoms with E-state index in [0.29, 0.717) is 6.42 Å². The van der Waals surface area contributed by atoms with Crippen molar-refractivity contribution in [3.05, 3.63) is 34.5 Å². The highest BCUT2D eigenvalue weighted by molar-refractivity contribution is 7.09. The molecule has 0 fully saturated rings. The highest BCUT2D eigenvalue weighted by atomic mass is 32.1. The van der Waals surface area contributed by atoms with E-state index in [4.69, 9.17) is 5.11 Å². The van der Waals surface area contributed by atoms with Crippen LogP contribution in [-0.4, -0.2) is 11.1 Å². The summed E-state index contributed by atoms with van der Waals surface area (Å²) < 4.78 is 0. The van der Waals surface area contributed by atoms with Gasteiger partial charge < -0.3 is 5.11 Å². The van der Waals surface area contributed by atoms with Crippen LogP contribution in [0, 0.1) is 0 Å². The zero-order valence-electron chi connectivity index (χ0n) is 15.8. The van der Waals surface area contributed by atoms with Gasteiger partial charge in [-0.1, -0.05) is 63.2 Å². The molecule has 0 bridgehead atoms. The molecular weight excluding hydrogens is 328 g/mol. The number of unbranched alkanes of at least 4 members (excludes halogenated alkanes) is 11. The molecule has 1 rings (SSSR count). The predicted molar refractivity (Wildman–Crippen MR) is 109 cm³/mol. The van der Waals surface area contributed by atoms with Crippen LogP contribution in [0.1, 0.15) is 94.8 Å². The molecule has 0 unspecified atom stereocenters. The molecule has 0 aliphatic heterocycles. The minimum atomic E-state index is -0.665. The lowest BCUT2D eigenvalue weighted by atomic mass is 10.1. The predicted octanol–water partition coefficient (Wildman–Crippen LogP) is 7.39. The molecule has 1 aromatic rings. The van der Waals surface area contributed by atoms with Crippen molar-refractivity contribution in [3.8, 4) is 0 Å². The van der Waals surface area contributed by atoms with Crippen molar-refractivity contribution < 1.29 is 9.90 Å². The molecule has 0 amide bonds. The molecule has 0 saturated carbocycles. The Kier molecular flexibility index (Phi) is 14.4. The Hall–Kier alpha value is -1.09. The molecule has 0 radical (unpaired) electrons. The molecule has 0 aliphatic rings. The van der Waals surface area contributed by atoms with Gasteiger partial charge in [-0.15, -0.1) is 11.3 Å². The fraction of sp³-hybridized carbons (Fsp3) is 0.682. The van der Waals surface area contributed by atoms with E-state index in [-0.39, 0.29) is 0 Å². The fourth-order valence-electron chi connectivity index (χ4n) is 3.03. The van der Waals surface area contributed by atoms with Gasteiger partial charge in [-0.2, -0.15) is 0 Å². The van der Waals surface area contributed by atoms with Crippen LogP contribution >= 0.6 is 11.3 Å². The zero-order valence-corrected chi connectivity index (χ0v) is 16.6. The summed E-state index contributed by atoms with van der Waals surface area (Å²) in [5.74, 6) is -0.665. The van der Waals surface area contributed by atoms with Crippen molar-refractivity contribution in [2.45, 2.75) is 96.3 Å². The van der Waals surface area contributed by atoms with Crippen molar-refractivity contribution in [3.63, 3.8) is 0 Å². The lowest BCUT2D eigenvalue weighted by Gasteiger charge is -2.00. The number of aliphatic carboxylic acids is 1. The first-order valence-corrected chi connectivity index (χ1v) is 11.1. The van der Waals surface area contributed by atoms with Gasteiger partial charge in [-0.05, 0) is 56.4 Å². The van der Waals surface area contributed by atoms with E-state index in [1.807, 2.05) is 11.3 Å². The van der Waals surface area contributed by atoms with Gasteiger partial charge in [-0.3, -0.25) is 4.79 Å². The lowest BCUT2D eigenvalue weighted by Crippen LogP contribution is -1.93. The lowest BCUT2D eigenvalue weighted by molar-refractivity contribution is -0.137. The fourth-order valence-corrected chi connectivity index (χ4v) is 3.78. The van der Waals surface area contributed by atoms with Gasteiger partial charge in [0.1, 0.15) is 0 Å². The van der Waals surface area contributed by atoms with Crippen LogP contribution in [0.3, 0.4) is 0 Å². The summed E-state index contributed by atoms with van der Waals surface area (Å²) in [6, 6.07) is 4.40. The first kappa shape index (κ1) is 22.0. The Balaban J connectivity index is 1.73. The Bertz CT molecular complexity index is 437. The molecule has 0 atom stereocenters. The number of carbonyl (C=O) groups is 1. The molecule has 0 saturated heterocycles. The summed E-state index contributed by atoms with van der Waals surface area (Å²) in [4.78, 5) is 11.9. The van der Waals surface area contributed by atoms with E-state index < -0.39 is 5.97 Å². The largest absolute Gasteiger partial charge is 0.481 e. The number of hydrogen-bond donors (Lipinski definition) is 1.